The monoisotopic (exact) mass is 467 g/mol. The summed E-state index contributed by atoms with van der Waals surface area (Å²) in [6.45, 7) is 0.519. The van der Waals surface area contributed by atoms with E-state index < -0.39 is 30.8 Å². The van der Waals surface area contributed by atoms with Crippen LogP contribution in [0.15, 0.2) is 30.6 Å². The summed E-state index contributed by atoms with van der Waals surface area (Å²) >= 11 is 0. The van der Waals surface area contributed by atoms with Gasteiger partial charge in [0.25, 0.3) is 6.43 Å². The average molecular weight is 467 g/mol. The van der Waals surface area contributed by atoms with Crippen LogP contribution in [0.4, 0.5) is 33.6 Å². The predicted molar refractivity (Wildman–Crippen MR) is 107 cm³/mol. The molecule has 2 aliphatic heterocycles. The topological polar surface area (TPSA) is 80.0 Å². The summed E-state index contributed by atoms with van der Waals surface area (Å²) in [6.07, 6.45) is -3.72. The Labute approximate surface area is 184 Å². The third-order valence-corrected chi connectivity index (χ3v) is 6.03. The summed E-state index contributed by atoms with van der Waals surface area (Å²) in [5.74, 6) is -0.369. The molecule has 2 atom stereocenters. The average Bonchev–Trinajstić information content (AvgIpc) is 3.33. The van der Waals surface area contributed by atoms with E-state index in [1.165, 1.54) is 29.4 Å². The smallest absolute Gasteiger partial charge is 0.354 e. The van der Waals surface area contributed by atoms with E-state index in [2.05, 4.69) is 20.1 Å². The molecule has 0 aromatic carbocycles. The Kier molecular flexibility index (Phi) is 5.13. The first kappa shape index (κ1) is 21.5. The molecule has 0 bridgehead atoms. The number of hydrogen-bond acceptors (Lipinski definition) is 6. The number of anilines is 2. The molecule has 2 aliphatic rings. The first-order valence-electron chi connectivity index (χ1n) is 10.3. The molecule has 3 aromatic rings. The van der Waals surface area contributed by atoms with Crippen LogP contribution in [0.5, 0.6) is 0 Å². The molecule has 2 fully saturated rings. The Bertz CT molecular complexity index is 1200. The Morgan fingerprint density at radius 3 is 2.67 bits per heavy atom. The Balaban J connectivity index is 1.37. The van der Waals surface area contributed by atoms with E-state index in [1.54, 1.807) is 0 Å². The molecule has 8 nitrogen and oxygen atoms in total. The number of amides is 1. The highest BCUT2D eigenvalue weighted by atomic mass is 19.4. The van der Waals surface area contributed by atoms with Gasteiger partial charge in [0.05, 0.1) is 18.3 Å². The third kappa shape index (κ3) is 3.95. The van der Waals surface area contributed by atoms with Gasteiger partial charge in [-0.05, 0) is 24.5 Å². The van der Waals surface area contributed by atoms with Gasteiger partial charge in [-0.15, -0.1) is 0 Å². The van der Waals surface area contributed by atoms with Gasteiger partial charge in [0.15, 0.2) is 5.65 Å². The van der Waals surface area contributed by atoms with E-state index >= 15 is 0 Å². The number of carbonyl (C=O) groups is 1. The summed E-state index contributed by atoms with van der Waals surface area (Å²) in [5, 5.41) is 3.90. The summed E-state index contributed by atoms with van der Waals surface area (Å²) in [5.41, 5.74) is -0.441. The molecule has 3 aromatic heterocycles. The molecule has 5 heterocycles. The highest BCUT2D eigenvalue weighted by Crippen LogP contribution is 2.37. The zero-order valence-electron chi connectivity index (χ0n) is 17.1. The van der Waals surface area contributed by atoms with Crippen molar-refractivity contribution in [2.24, 2.45) is 11.8 Å². The number of carbonyl (C=O) groups excluding carboxylic acids is 1. The highest BCUT2D eigenvalue weighted by Gasteiger charge is 2.45. The molecule has 0 saturated carbocycles. The van der Waals surface area contributed by atoms with Gasteiger partial charge >= 0.3 is 6.18 Å². The zero-order chi connectivity index (χ0) is 23.3. The van der Waals surface area contributed by atoms with Crippen molar-refractivity contribution in [2.75, 3.05) is 29.4 Å². The lowest BCUT2D eigenvalue weighted by Gasteiger charge is -2.33. The second-order valence-electron chi connectivity index (χ2n) is 8.08. The second kappa shape index (κ2) is 7.89. The van der Waals surface area contributed by atoms with Crippen LogP contribution in [-0.2, 0) is 17.5 Å². The van der Waals surface area contributed by atoms with E-state index in [-0.39, 0.29) is 29.8 Å². The molecule has 1 amide bonds. The van der Waals surface area contributed by atoms with Crippen LogP contribution >= 0.6 is 0 Å². The molecule has 2 saturated heterocycles. The molecule has 174 valence electrons. The van der Waals surface area contributed by atoms with Crippen molar-refractivity contribution in [3.8, 4) is 0 Å². The first-order valence-corrected chi connectivity index (χ1v) is 10.3. The quantitative estimate of drug-likeness (QED) is 0.549. The van der Waals surface area contributed by atoms with Crippen molar-refractivity contribution in [3.05, 3.63) is 36.3 Å². The molecular weight excluding hydrogens is 449 g/mol. The van der Waals surface area contributed by atoms with Crippen molar-refractivity contribution < 1.29 is 26.7 Å². The molecule has 0 N–H and O–H groups in total. The summed E-state index contributed by atoms with van der Waals surface area (Å²) < 4.78 is 65.8. The molecule has 5 rings (SSSR count). The minimum absolute atomic E-state index is 0.0205. The minimum Gasteiger partial charge on any atom is -0.354 e. The van der Waals surface area contributed by atoms with Crippen molar-refractivity contribution in [1.82, 2.24) is 24.7 Å². The van der Waals surface area contributed by atoms with Crippen LogP contribution in [0, 0.1) is 11.8 Å². The van der Waals surface area contributed by atoms with Gasteiger partial charge in [0.2, 0.25) is 5.91 Å². The van der Waals surface area contributed by atoms with Gasteiger partial charge in [-0.2, -0.15) is 18.3 Å². The molecule has 33 heavy (non-hydrogen) atoms. The first-order chi connectivity index (χ1) is 15.7. The summed E-state index contributed by atoms with van der Waals surface area (Å²) in [4.78, 5) is 28.5. The van der Waals surface area contributed by atoms with E-state index in [4.69, 9.17) is 0 Å². The van der Waals surface area contributed by atoms with E-state index in [1.807, 2.05) is 4.90 Å². The molecule has 0 aliphatic carbocycles. The van der Waals surface area contributed by atoms with Crippen LogP contribution in [0.25, 0.3) is 11.2 Å². The maximum atomic E-state index is 13.1. The highest BCUT2D eigenvalue weighted by molar-refractivity contribution is 5.97. The van der Waals surface area contributed by atoms with Gasteiger partial charge in [0.1, 0.15) is 29.4 Å². The lowest BCUT2D eigenvalue weighted by Crippen LogP contribution is -2.42. The number of hydrogen-bond donors (Lipinski definition) is 0. The fourth-order valence-corrected chi connectivity index (χ4v) is 4.43. The lowest BCUT2D eigenvalue weighted by molar-refractivity contribution is -0.141. The number of fused-ring (bicyclic) bond motifs is 2. The maximum Gasteiger partial charge on any atom is 0.433 e. The van der Waals surface area contributed by atoms with Crippen molar-refractivity contribution in [2.45, 2.75) is 25.6 Å². The van der Waals surface area contributed by atoms with Crippen LogP contribution in [0.1, 0.15) is 12.1 Å². The van der Waals surface area contributed by atoms with Gasteiger partial charge in [-0.1, -0.05) is 6.07 Å². The molecular formula is C20H18F5N7O. The normalized spacial score (nSPS) is 21.3. The third-order valence-electron chi connectivity index (χ3n) is 6.03. The number of nitrogens with zero attached hydrogens (tertiary/aromatic N) is 7. The summed E-state index contributed by atoms with van der Waals surface area (Å²) in [6, 6.07) is 3.50. The van der Waals surface area contributed by atoms with E-state index in [9.17, 15) is 26.7 Å². The number of rotatable bonds is 4. The molecule has 13 heteroatoms. The zero-order valence-corrected chi connectivity index (χ0v) is 17.1. The number of pyridine rings is 1. The number of alkyl halides is 5. The number of piperidine rings is 1. The standard InChI is InChI=1S/C20H18F5N7O/c21-15(22)10-32-18-13(6-27-32)26-7-17(29-18)30-5-4-11-8-31(19(33)12(11)9-30)16-3-1-2-14(28-16)20(23,24)25/h1-3,6-7,11-12,15H,4-5,8-10H2. The van der Waals surface area contributed by atoms with Crippen molar-refractivity contribution in [1.29, 1.82) is 0 Å². The predicted octanol–water partition coefficient (Wildman–Crippen LogP) is 2.99. The van der Waals surface area contributed by atoms with Crippen LogP contribution in [0.3, 0.4) is 0 Å². The minimum atomic E-state index is -4.60. The second-order valence-corrected chi connectivity index (χ2v) is 8.08. The molecule has 2 unspecified atom stereocenters. The molecule has 0 spiro atoms. The van der Waals surface area contributed by atoms with Gasteiger partial charge < -0.3 is 4.90 Å². The Morgan fingerprint density at radius 1 is 1.09 bits per heavy atom. The van der Waals surface area contributed by atoms with Crippen molar-refractivity contribution >= 4 is 28.7 Å². The number of halogens is 5. The Morgan fingerprint density at radius 2 is 1.91 bits per heavy atom. The summed E-state index contributed by atoms with van der Waals surface area (Å²) in [7, 11) is 0. The van der Waals surface area contributed by atoms with Gasteiger partial charge in [-0.3, -0.25) is 9.69 Å². The largest absolute Gasteiger partial charge is 0.433 e. The maximum absolute atomic E-state index is 13.1. The fraction of sp³-hybridized carbons (Fsp3) is 0.450. The van der Waals surface area contributed by atoms with Gasteiger partial charge in [-0.25, -0.2) is 28.4 Å². The van der Waals surface area contributed by atoms with E-state index in [0.29, 0.717) is 30.8 Å². The lowest BCUT2D eigenvalue weighted by atomic mass is 9.88. The van der Waals surface area contributed by atoms with E-state index in [0.717, 1.165) is 10.7 Å². The van der Waals surface area contributed by atoms with Crippen LogP contribution < -0.4 is 9.80 Å². The molecule has 0 radical (unpaired) electrons. The van der Waals surface area contributed by atoms with Crippen LogP contribution in [-0.4, -0.2) is 56.7 Å². The SMILES string of the molecule is O=C1C2CN(c3cnc4cnn(CC(F)F)c4n3)CCC2CN1c1cccc(C(F)(F)F)n1. The van der Waals surface area contributed by atoms with Gasteiger partial charge in [0, 0.05) is 19.6 Å². The fourth-order valence-electron chi connectivity index (χ4n) is 4.43. The number of aromatic nitrogens is 5. The van der Waals surface area contributed by atoms with Crippen molar-refractivity contribution in [3.63, 3.8) is 0 Å². The Hall–Kier alpha value is -3.38. The van der Waals surface area contributed by atoms with Crippen LogP contribution in [0.2, 0.25) is 0 Å².